The van der Waals surface area contributed by atoms with Gasteiger partial charge in [-0.3, -0.25) is 14.5 Å². The van der Waals surface area contributed by atoms with Crippen molar-refractivity contribution in [1.82, 2.24) is 0 Å². The highest BCUT2D eigenvalue weighted by molar-refractivity contribution is 6.16. The molecule has 3 rings (SSSR count). The molecule has 2 aromatic rings. The van der Waals surface area contributed by atoms with Crippen LogP contribution in [0.3, 0.4) is 0 Å². The summed E-state index contributed by atoms with van der Waals surface area (Å²) in [5.74, 6) is -0.400. The summed E-state index contributed by atoms with van der Waals surface area (Å²) < 4.78 is 10.7. The maximum absolute atomic E-state index is 13.1. The van der Waals surface area contributed by atoms with Gasteiger partial charge in [0, 0.05) is 11.6 Å². The van der Waals surface area contributed by atoms with Crippen LogP contribution in [0.1, 0.15) is 50.8 Å². The van der Waals surface area contributed by atoms with Crippen molar-refractivity contribution in [3.63, 3.8) is 0 Å². The average Bonchev–Trinajstić information content (AvgIpc) is 3.03. The number of carbonyl (C=O) groups excluding carboxylic acids is 2. The lowest BCUT2D eigenvalue weighted by molar-refractivity contribution is -0.119. The molecule has 6 heteroatoms. The van der Waals surface area contributed by atoms with Crippen molar-refractivity contribution >= 4 is 17.4 Å². The molecule has 1 N–H and O–H groups in total. The molecule has 1 aliphatic rings. The lowest BCUT2D eigenvalue weighted by atomic mass is 9.91. The van der Waals surface area contributed by atoms with Gasteiger partial charge in [0.1, 0.15) is 0 Å². The van der Waals surface area contributed by atoms with Gasteiger partial charge in [0.25, 0.3) is 5.91 Å². The third-order valence-corrected chi connectivity index (χ3v) is 5.56. The number of ketones is 1. The molecular formula is C25H29NO5. The first kappa shape index (κ1) is 22.4. The van der Waals surface area contributed by atoms with Gasteiger partial charge < -0.3 is 14.6 Å². The maximum Gasteiger partial charge on any atom is 0.294 e. The van der Waals surface area contributed by atoms with Crippen molar-refractivity contribution in [1.29, 1.82) is 0 Å². The van der Waals surface area contributed by atoms with Gasteiger partial charge in [0.05, 0.1) is 25.8 Å². The van der Waals surface area contributed by atoms with Crippen LogP contribution in [0.15, 0.2) is 53.8 Å². The minimum Gasteiger partial charge on any atom is -0.503 e. The van der Waals surface area contributed by atoms with Crippen molar-refractivity contribution in [2.75, 3.05) is 19.1 Å². The molecule has 31 heavy (non-hydrogen) atoms. The number of benzene rings is 2. The van der Waals surface area contributed by atoms with Crippen LogP contribution < -0.4 is 14.4 Å². The molecule has 1 aliphatic heterocycles. The highest BCUT2D eigenvalue weighted by atomic mass is 16.5. The minimum absolute atomic E-state index is 0.0974. The maximum atomic E-state index is 13.1. The number of methoxy groups -OCH3 is 2. The number of aliphatic hydroxyl groups excluding tert-OH is 1. The van der Waals surface area contributed by atoms with Gasteiger partial charge in [0.15, 0.2) is 23.0 Å². The van der Waals surface area contributed by atoms with E-state index >= 15 is 0 Å². The van der Waals surface area contributed by atoms with Crippen molar-refractivity contribution in [2.24, 2.45) is 5.92 Å². The van der Waals surface area contributed by atoms with Crippen molar-refractivity contribution in [2.45, 2.75) is 39.7 Å². The molecule has 0 saturated carbocycles. The summed E-state index contributed by atoms with van der Waals surface area (Å²) >= 11 is 0. The Morgan fingerprint density at radius 3 is 2.10 bits per heavy atom. The van der Waals surface area contributed by atoms with E-state index in [0.717, 1.165) is 5.56 Å². The Morgan fingerprint density at radius 1 is 0.968 bits per heavy atom. The molecule has 2 aromatic carbocycles. The third-order valence-electron chi connectivity index (χ3n) is 5.56. The molecule has 0 bridgehead atoms. The van der Waals surface area contributed by atoms with E-state index in [1.54, 1.807) is 39.2 Å². The minimum atomic E-state index is -0.771. The Labute approximate surface area is 183 Å². The van der Waals surface area contributed by atoms with Gasteiger partial charge in [0.2, 0.25) is 0 Å². The number of hydrogen-bond donors (Lipinski definition) is 1. The topological polar surface area (TPSA) is 76.1 Å². The fraction of sp³-hybridized carbons (Fsp3) is 0.360. The van der Waals surface area contributed by atoms with Crippen LogP contribution >= 0.6 is 0 Å². The van der Waals surface area contributed by atoms with Crippen LogP contribution in [-0.4, -0.2) is 31.0 Å². The van der Waals surface area contributed by atoms with Crippen LogP contribution in [0.4, 0.5) is 5.69 Å². The highest BCUT2D eigenvalue weighted by Gasteiger charge is 2.45. The molecule has 1 amide bonds. The van der Waals surface area contributed by atoms with E-state index in [0.29, 0.717) is 28.7 Å². The standard InChI is InChI=1S/C25H29NO5/c1-14(2)16-7-10-18(11-8-16)26-22(17-9-12-19(30-5)20(13-17)31-6)21(23(27)15(3)4)24(28)25(26)29/h7-15,22,28H,1-6H3. The Bertz CT molecular complexity index is 1020. The first-order valence-electron chi connectivity index (χ1n) is 10.3. The van der Waals surface area contributed by atoms with E-state index in [4.69, 9.17) is 9.47 Å². The molecule has 6 nitrogen and oxygen atoms in total. The lowest BCUT2D eigenvalue weighted by Gasteiger charge is -2.28. The van der Waals surface area contributed by atoms with Crippen LogP contribution in [0.25, 0.3) is 0 Å². The number of amides is 1. The molecule has 0 radical (unpaired) electrons. The second-order valence-corrected chi connectivity index (χ2v) is 8.22. The Balaban J connectivity index is 2.18. The fourth-order valence-electron chi connectivity index (χ4n) is 3.79. The van der Waals surface area contributed by atoms with Crippen LogP contribution in [0, 0.1) is 5.92 Å². The summed E-state index contributed by atoms with van der Waals surface area (Å²) in [5.41, 5.74) is 2.48. The summed E-state index contributed by atoms with van der Waals surface area (Å²) in [6.07, 6.45) is 0. The van der Waals surface area contributed by atoms with Crippen molar-refractivity contribution in [3.05, 3.63) is 64.9 Å². The van der Waals surface area contributed by atoms with E-state index in [-0.39, 0.29) is 17.3 Å². The molecule has 1 heterocycles. The molecule has 164 valence electrons. The van der Waals surface area contributed by atoms with Crippen molar-refractivity contribution < 1.29 is 24.2 Å². The fourth-order valence-corrected chi connectivity index (χ4v) is 3.79. The Kier molecular flexibility index (Phi) is 6.39. The number of rotatable bonds is 7. The number of nitrogens with zero attached hydrogens (tertiary/aromatic N) is 1. The summed E-state index contributed by atoms with van der Waals surface area (Å²) in [6.45, 7) is 7.68. The highest BCUT2D eigenvalue weighted by Crippen LogP contribution is 2.44. The van der Waals surface area contributed by atoms with Crippen molar-refractivity contribution in [3.8, 4) is 11.5 Å². The number of Topliss-reactive ketones (excluding diaryl/α,β-unsaturated/α-hetero) is 1. The normalized spacial score (nSPS) is 16.5. The lowest BCUT2D eigenvalue weighted by Crippen LogP contribution is -2.31. The van der Waals surface area contributed by atoms with E-state index in [1.165, 1.54) is 12.0 Å². The molecule has 0 aliphatic carbocycles. The predicted molar refractivity (Wildman–Crippen MR) is 120 cm³/mol. The average molecular weight is 424 g/mol. The number of aliphatic hydroxyl groups is 1. The van der Waals surface area contributed by atoms with Gasteiger partial charge >= 0.3 is 0 Å². The van der Waals surface area contributed by atoms with Crippen LogP contribution in [-0.2, 0) is 9.59 Å². The quantitative estimate of drug-likeness (QED) is 0.682. The molecule has 1 atom stereocenters. The zero-order valence-corrected chi connectivity index (χ0v) is 18.8. The van der Waals surface area contributed by atoms with E-state index in [2.05, 4.69) is 13.8 Å². The molecule has 0 fully saturated rings. The zero-order chi connectivity index (χ0) is 22.9. The molecule has 0 aromatic heterocycles. The number of carbonyl (C=O) groups is 2. The van der Waals surface area contributed by atoms with E-state index in [1.807, 2.05) is 24.3 Å². The van der Waals surface area contributed by atoms with Crippen LogP contribution in [0.2, 0.25) is 0 Å². The number of hydrogen-bond acceptors (Lipinski definition) is 5. The third kappa shape index (κ3) is 4.02. The SMILES string of the molecule is COc1ccc(C2C(C(=O)C(C)C)=C(O)C(=O)N2c2ccc(C(C)C)cc2)cc1OC. The Hall–Kier alpha value is -3.28. The summed E-state index contributed by atoms with van der Waals surface area (Å²) in [7, 11) is 3.07. The van der Waals surface area contributed by atoms with Gasteiger partial charge in [-0.2, -0.15) is 0 Å². The second kappa shape index (κ2) is 8.84. The van der Waals surface area contributed by atoms with Gasteiger partial charge in [-0.25, -0.2) is 0 Å². The van der Waals surface area contributed by atoms with Crippen LogP contribution in [0.5, 0.6) is 11.5 Å². The summed E-state index contributed by atoms with van der Waals surface area (Å²) in [4.78, 5) is 27.6. The second-order valence-electron chi connectivity index (χ2n) is 8.22. The summed E-state index contributed by atoms with van der Waals surface area (Å²) in [6, 6.07) is 12.1. The largest absolute Gasteiger partial charge is 0.503 e. The van der Waals surface area contributed by atoms with Gasteiger partial charge in [-0.1, -0.05) is 45.9 Å². The number of anilines is 1. The van der Waals surface area contributed by atoms with E-state index in [9.17, 15) is 14.7 Å². The first-order chi connectivity index (χ1) is 14.7. The summed E-state index contributed by atoms with van der Waals surface area (Å²) in [5, 5.41) is 10.7. The predicted octanol–water partition coefficient (Wildman–Crippen LogP) is 4.95. The molecule has 1 unspecified atom stereocenters. The molecule has 0 saturated heterocycles. The monoisotopic (exact) mass is 423 g/mol. The smallest absolute Gasteiger partial charge is 0.294 e. The number of ether oxygens (including phenoxy) is 2. The molecule has 0 spiro atoms. The molecular weight excluding hydrogens is 394 g/mol. The van der Waals surface area contributed by atoms with E-state index < -0.39 is 17.7 Å². The first-order valence-corrected chi connectivity index (χ1v) is 10.3. The van der Waals surface area contributed by atoms with Gasteiger partial charge in [-0.05, 0) is 41.3 Å². The van der Waals surface area contributed by atoms with Gasteiger partial charge in [-0.15, -0.1) is 0 Å². The Morgan fingerprint density at radius 2 is 1.58 bits per heavy atom. The zero-order valence-electron chi connectivity index (χ0n) is 18.8.